The summed E-state index contributed by atoms with van der Waals surface area (Å²) in [5, 5.41) is 22.3. The van der Waals surface area contributed by atoms with Crippen molar-refractivity contribution in [2.75, 3.05) is 31.7 Å². The van der Waals surface area contributed by atoms with Gasteiger partial charge < -0.3 is 21.1 Å². The van der Waals surface area contributed by atoms with Crippen molar-refractivity contribution in [1.82, 2.24) is 24.9 Å². The first-order chi connectivity index (χ1) is 15.7. The smallest absolute Gasteiger partial charge is 0.258 e. The number of halogens is 2. The topological polar surface area (TPSA) is 122 Å². The summed E-state index contributed by atoms with van der Waals surface area (Å²) in [6, 6.07) is 2.73. The minimum absolute atomic E-state index is 0.0490. The van der Waals surface area contributed by atoms with Crippen molar-refractivity contribution in [1.29, 1.82) is 0 Å². The Morgan fingerprint density at radius 1 is 1.36 bits per heavy atom. The minimum Gasteiger partial charge on any atom is -0.398 e. The van der Waals surface area contributed by atoms with Gasteiger partial charge in [-0.3, -0.25) is 4.79 Å². The molecule has 3 atom stereocenters. The van der Waals surface area contributed by atoms with Gasteiger partial charge in [0.05, 0.1) is 28.9 Å². The van der Waals surface area contributed by atoms with Crippen LogP contribution in [-0.4, -0.2) is 62.6 Å². The molecule has 1 amide bonds. The Morgan fingerprint density at radius 3 is 2.85 bits per heavy atom. The van der Waals surface area contributed by atoms with Gasteiger partial charge >= 0.3 is 0 Å². The number of aromatic nitrogens is 4. The van der Waals surface area contributed by atoms with Gasteiger partial charge in [-0.25, -0.2) is 14.1 Å². The van der Waals surface area contributed by atoms with Crippen molar-refractivity contribution in [3.05, 3.63) is 52.7 Å². The third kappa shape index (κ3) is 3.24. The molecule has 1 fully saturated rings. The first-order valence-corrected chi connectivity index (χ1v) is 10.9. The monoisotopic (exact) mass is 471 g/mol. The third-order valence-corrected chi connectivity index (χ3v) is 7.04. The lowest BCUT2D eigenvalue weighted by molar-refractivity contribution is 0.0824. The number of hydrogen-bond acceptors (Lipinski definition) is 7. The highest BCUT2D eigenvalue weighted by atomic mass is 35.5. The number of aliphatic hydroxyl groups excluding tert-OH is 1. The molecule has 1 aliphatic carbocycles. The molecule has 0 bridgehead atoms. The average molecular weight is 472 g/mol. The molecular formula is C22H23ClFN7O2. The van der Waals surface area contributed by atoms with Crippen LogP contribution < -0.4 is 11.1 Å². The lowest BCUT2D eigenvalue weighted by Crippen LogP contribution is -2.26. The Morgan fingerprint density at radius 2 is 2.15 bits per heavy atom. The molecule has 1 aliphatic heterocycles. The quantitative estimate of drug-likeness (QED) is 0.501. The second-order valence-corrected chi connectivity index (χ2v) is 9.24. The maximum absolute atomic E-state index is 15.6. The fraction of sp³-hybridized carbons (Fsp3) is 0.364. The zero-order valence-electron chi connectivity index (χ0n) is 18.1. The second kappa shape index (κ2) is 7.67. The zero-order valence-corrected chi connectivity index (χ0v) is 18.8. The highest BCUT2D eigenvalue weighted by molar-refractivity contribution is 6.34. The number of hydrogen-bond donors (Lipinski definition) is 3. The predicted octanol–water partition coefficient (Wildman–Crippen LogP) is 2.48. The Kier molecular flexibility index (Phi) is 5.02. The maximum Gasteiger partial charge on any atom is 0.258 e. The van der Waals surface area contributed by atoms with E-state index in [1.54, 1.807) is 17.1 Å². The number of carbonyl (C=O) groups excluding carboxylic acids is 1. The summed E-state index contributed by atoms with van der Waals surface area (Å²) >= 11 is 6.90. The maximum atomic E-state index is 15.6. The van der Waals surface area contributed by atoms with Crippen LogP contribution in [0.4, 0.5) is 15.9 Å². The van der Waals surface area contributed by atoms with E-state index in [4.69, 9.17) is 17.3 Å². The van der Waals surface area contributed by atoms with E-state index in [9.17, 15) is 9.90 Å². The van der Waals surface area contributed by atoms with Gasteiger partial charge in [0.1, 0.15) is 11.6 Å². The van der Waals surface area contributed by atoms with Gasteiger partial charge in [0.25, 0.3) is 5.91 Å². The normalized spacial score (nSPS) is 23.5. The third-order valence-electron chi connectivity index (χ3n) is 6.65. The molecule has 4 N–H and O–H groups in total. The number of benzene rings is 1. The molecule has 0 unspecified atom stereocenters. The Bertz CT molecular complexity index is 1250. The number of aliphatic hydroxyl groups is 1. The number of nitrogens with one attached hydrogen (secondary N) is 1. The zero-order chi connectivity index (χ0) is 23.5. The molecule has 3 heterocycles. The lowest BCUT2D eigenvalue weighted by Gasteiger charge is -2.25. The van der Waals surface area contributed by atoms with Crippen molar-refractivity contribution >= 4 is 29.0 Å². The molecule has 1 saturated carbocycles. The SMILES string of the molecule is CN(C)C(=O)c1c(N)ccc(-c2cnc3c(c2Cl)[C@@]2(CN3)C[C@H](O)[C@@H](n3ccnn3)C2)c1F. The molecule has 0 saturated heterocycles. The van der Waals surface area contributed by atoms with Gasteiger partial charge in [0.15, 0.2) is 0 Å². The number of pyridine rings is 1. The van der Waals surface area contributed by atoms with Gasteiger partial charge in [0, 0.05) is 60.8 Å². The van der Waals surface area contributed by atoms with Crippen LogP contribution >= 0.6 is 11.6 Å². The molecule has 3 aromatic rings. The molecule has 5 rings (SSSR count). The Labute approximate surface area is 194 Å². The van der Waals surface area contributed by atoms with Crippen molar-refractivity contribution in [2.24, 2.45) is 0 Å². The lowest BCUT2D eigenvalue weighted by atomic mass is 9.80. The van der Waals surface area contributed by atoms with Gasteiger partial charge in [-0.05, 0) is 25.0 Å². The average Bonchev–Trinajstić information content (AvgIpc) is 3.49. The molecule has 0 radical (unpaired) electrons. The van der Waals surface area contributed by atoms with Crippen LogP contribution in [0.1, 0.15) is 34.8 Å². The summed E-state index contributed by atoms with van der Waals surface area (Å²) in [5.41, 5.74) is 6.50. The molecule has 33 heavy (non-hydrogen) atoms. The van der Waals surface area contributed by atoms with Crippen LogP contribution in [0.2, 0.25) is 5.02 Å². The number of amides is 1. The minimum atomic E-state index is -0.746. The van der Waals surface area contributed by atoms with E-state index in [1.165, 1.54) is 37.3 Å². The van der Waals surface area contributed by atoms with Crippen molar-refractivity contribution in [3.63, 3.8) is 0 Å². The highest BCUT2D eigenvalue weighted by Crippen LogP contribution is 2.54. The first-order valence-electron chi connectivity index (χ1n) is 10.5. The fourth-order valence-electron chi connectivity index (χ4n) is 5.04. The van der Waals surface area contributed by atoms with E-state index in [1.807, 2.05) is 0 Å². The van der Waals surface area contributed by atoms with Gasteiger partial charge in [-0.15, -0.1) is 5.10 Å². The van der Waals surface area contributed by atoms with E-state index in [0.717, 1.165) is 5.56 Å². The van der Waals surface area contributed by atoms with E-state index >= 15 is 4.39 Å². The van der Waals surface area contributed by atoms with E-state index < -0.39 is 23.2 Å². The summed E-state index contributed by atoms with van der Waals surface area (Å²) in [6.07, 6.45) is 5.14. The van der Waals surface area contributed by atoms with Gasteiger partial charge in [0.2, 0.25) is 0 Å². The summed E-state index contributed by atoms with van der Waals surface area (Å²) in [4.78, 5) is 18.3. The molecule has 1 spiro atoms. The van der Waals surface area contributed by atoms with Crippen LogP contribution in [-0.2, 0) is 5.41 Å². The van der Waals surface area contributed by atoms with Crippen LogP contribution in [0.15, 0.2) is 30.7 Å². The number of rotatable bonds is 3. The summed E-state index contributed by atoms with van der Waals surface area (Å²) in [5.74, 6) is -0.676. The molecule has 1 aromatic carbocycles. The number of nitrogen functional groups attached to an aromatic ring is 1. The summed E-state index contributed by atoms with van der Waals surface area (Å²) in [7, 11) is 3.06. The van der Waals surface area contributed by atoms with Crippen LogP contribution in [0.3, 0.4) is 0 Å². The van der Waals surface area contributed by atoms with E-state index in [2.05, 4.69) is 20.6 Å². The largest absolute Gasteiger partial charge is 0.398 e. The van der Waals surface area contributed by atoms with Gasteiger partial charge in [-0.2, -0.15) is 0 Å². The van der Waals surface area contributed by atoms with Crippen LogP contribution in [0.5, 0.6) is 0 Å². The van der Waals surface area contributed by atoms with Crippen molar-refractivity contribution in [2.45, 2.75) is 30.4 Å². The number of carbonyl (C=O) groups is 1. The number of nitrogens with zero attached hydrogens (tertiary/aromatic N) is 5. The van der Waals surface area contributed by atoms with Crippen LogP contribution in [0.25, 0.3) is 11.1 Å². The molecular weight excluding hydrogens is 449 g/mol. The Balaban J connectivity index is 1.61. The highest BCUT2D eigenvalue weighted by Gasteiger charge is 2.52. The molecule has 2 aliphatic rings. The summed E-state index contributed by atoms with van der Waals surface area (Å²) in [6.45, 7) is 0.537. The number of fused-ring (bicyclic) bond motifs is 2. The second-order valence-electron chi connectivity index (χ2n) is 8.86. The number of nitrogens with two attached hydrogens (primary N) is 1. The molecule has 9 nitrogen and oxygen atoms in total. The molecule has 172 valence electrons. The Hall–Kier alpha value is -3.24. The molecule has 11 heteroatoms. The van der Waals surface area contributed by atoms with Crippen LogP contribution in [0, 0.1) is 5.82 Å². The van der Waals surface area contributed by atoms with Gasteiger partial charge in [-0.1, -0.05) is 16.8 Å². The first kappa shape index (κ1) is 21.6. The number of anilines is 2. The van der Waals surface area contributed by atoms with Crippen molar-refractivity contribution < 1.29 is 14.3 Å². The standard InChI is InChI=1S/C22H23ClFN7O2/c1-30(2)21(33)16-13(25)4-3-11(19(16)24)12-9-26-20-17(18(12)23)22(10-27-20)7-14(15(32)8-22)31-6-5-28-29-31/h3-6,9,14-15,32H,7-8,10,25H2,1-2H3,(H,26,27)/t14-,15-,22+/m0/s1. The molecule has 2 aromatic heterocycles. The van der Waals surface area contributed by atoms with Crippen molar-refractivity contribution in [3.8, 4) is 11.1 Å². The summed E-state index contributed by atoms with van der Waals surface area (Å²) < 4.78 is 17.2. The predicted molar refractivity (Wildman–Crippen MR) is 122 cm³/mol. The fourth-order valence-corrected chi connectivity index (χ4v) is 5.49. The van der Waals surface area contributed by atoms with E-state index in [0.29, 0.717) is 35.8 Å². The van der Waals surface area contributed by atoms with E-state index in [-0.39, 0.29) is 22.9 Å².